The van der Waals surface area contributed by atoms with Crippen molar-refractivity contribution in [1.29, 1.82) is 0 Å². The van der Waals surface area contributed by atoms with E-state index in [2.05, 4.69) is 5.32 Å². The Kier molecular flexibility index (Phi) is 7.22. The first-order valence-electron chi connectivity index (χ1n) is 11.1. The van der Waals surface area contributed by atoms with Gasteiger partial charge in [-0.25, -0.2) is 8.42 Å². The number of carbonyl (C=O) groups excluding carboxylic acids is 1. The molecule has 0 unspecified atom stereocenters. The van der Waals surface area contributed by atoms with Gasteiger partial charge in [-0.2, -0.15) is 4.31 Å². The van der Waals surface area contributed by atoms with Crippen molar-refractivity contribution in [2.45, 2.75) is 77.7 Å². The van der Waals surface area contributed by atoms with E-state index in [1.807, 2.05) is 65.0 Å². The van der Waals surface area contributed by atoms with Gasteiger partial charge in [0.2, 0.25) is 15.9 Å². The molecule has 0 saturated heterocycles. The van der Waals surface area contributed by atoms with Crippen LogP contribution in [0.25, 0.3) is 0 Å². The number of amides is 1. The predicted molar refractivity (Wildman–Crippen MR) is 126 cm³/mol. The minimum Gasteiger partial charge on any atom is -0.325 e. The molecule has 1 aliphatic carbocycles. The highest BCUT2D eigenvalue weighted by atomic mass is 32.2. The van der Waals surface area contributed by atoms with Crippen LogP contribution < -0.4 is 5.32 Å². The highest BCUT2D eigenvalue weighted by Crippen LogP contribution is 2.31. The molecule has 0 aromatic heterocycles. The number of nitrogens with zero attached hydrogens (tertiary/aromatic N) is 1. The zero-order valence-electron chi connectivity index (χ0n) is 19.3. The maximum Gasteiger partial charge on any atom is 0.244 e. The van der Waals surface area contributed by atoms with Crippen LogP contribution in [-0.2, 0) is 14.8 Å². The maximum atomic E-state index is 13.8. The van der Waals surface area contributed by atoms with E-state index >= 15 is 0 Å². The zero-order valence-corrected chi connectivity index (χ0v) is 20.1. The fourth-order valence-electron chi connectivity index (χ4n) is 4.67. The molecule has 6 heteroatoms. The van der Waals surface area contributed by atoms with Gasteiger partial charge in [0.1, 0.15) is 0 Å². The molecule has 1 saturated carbocycles. The van der Waals surface area contributed by atoms with Crippen LogP contribution in [0.5, 0.6) is 0 Å². The second kappa shape index (κ2) is 9.53. The zero-order chi connectivity index (χ0) is 22.8. The Hall–Kier alpha value is -2.18. The Morgan fingerprint density at radius 1 is 0.903 bits per heavy atom. The number of anilines is 1. The van der Waals surface area contributed by atoms with Crippen LogP contribution in [0, 0.1) is 34.6 Å². The molecule has 0 atom stereocenters. The molecule has 0 bridgehead atoms. The molecule has 5 nitrogen and oxygen atoms in total. The molecule has 2 aromatic rings. The fourth-order valence-corrected chi connectivity index (χ4v) is 6.73. The molecule has 0 radical (unpaired) electrons. The van der Waals surface area contributed by atoms with Gasteiger partial charge in [-0.05, 0) is 75.8 Å². The van der Waals surface area contributed by atoms with E-state index in [9.17, 15) is 13.2 Å². The highest BCUT2D eigenvalue weighted by molar-refractivity contribution is 7.89. The van der Waals surface area contributed by atoms with Crippen LogP contribution in [-0.4, -0.2) is 31.2 Å². The summed E-state index contributed by atoms with van der Waals surface area (Å²) < 4.78 is 29.1. The summed E-state index contributed by atoms with van der Waals surface area (Å²) in [6.45, 7) is 9.37. The smallest absolute Gasteiger partial charge is 0.244 e. The molecule has 0 spiro atoms. The van der Waals surface area contributed by atoms with Gasteiger partial charge in [-0.3, -0.25) is 4.79 Å². The molecule has 31 heavy (non-hydrogen) atoms. The third kappa shape index (κ3) is 5.36. The number of aryl methyl sites for hydroxylation is 5. The number of hydrogen-bond donors (Lipinski definition) is 1. The largest absolute Gasteiger partial charge is 0.325 e. The van der Waals surface area contributed by atoms with Gasteiger partial charge in [0.15, 0.2) is 0 Å². The molecule has 1 aliphatic rings. The van der Waals surface area contributed by atoms with Crippen LogP contribution in [0.2, 0.25) is 0 Å². The van der Waals surface area contributed by atoms with E-state index in [-0.39, 0.29) is 18.5 Å². The Labute approximate surface area is 186 Å². The van der Waals surface area contributed by atoms with Crippen molar-refractivity contribution in [3.05, 3.63) is 58.1 Å². The molecule has 1 amide bonds. The second-order valence-electron chi connectivity index (χ2n) is 8.94. The van der Waals surface area contributed by atoms with Gasteiger partial charge in [-0.1, -0.05) is 49.1 Å². The van der Waals surface area contributed by atoms with Crippen molar-refractivity contribution < 1.29 is 13.2 Å². The minimum atomic E-state index is -3.81. The third-order valence-electron chi connectivity index (χ3n) is 6.12. The number of hydrogen-bond acceptors (Lipinski definition) is 3. The number of sulfonamides is 1. The van der Waals surface area contributed by atoms with Gasteiger partial charge in [0.25, 0.3) is 0 Å². The van der Waals surface area contributed by atoms with Crippen LogP contribution in [0.15, 0.2) is 35.2 Å². The Balaban J connectivity index is 1.95. The van der Waals surface area contributed by atoms with Crippen molar-refractivity contribution >= 4 is 21.6 Å². The molecule has 1 fully saturated rings. The summed E-state index contributed by atoms with van der Waals surface area (Å²) in [6.07, 6.45) is 4.67. The molecular weight excluding hydrogens is 408 g/mol. The van der Waals surface area contributed by atoms with Gasteiger partial charge < -0.3 is 5.32 Å². The summed E-state index contributed by atoms with van der Waals surface area (Å²) >= 11 is 0. The maximum absolute atomic E-state index is 13.8. The second-order valence-corrected chi connectivity index (χ2v) is 10.8. The first-order valence-corrected chi connectivity index (χ1v) is 12.5. The van der Waals surface area contributed by atoms with Crippen LogP contribution in [0.1, 0.15) is 59.9 Å². The van der Waals surface area contributed by atoms with Crippen LogP contribution >= 0.6 is 0 Å². The summed E-state index contributed by atoms with van der Waals surface area (Å²) in [7, 11) is -3.81. The quantitative estimate of drug-likeness (QED) is 0.669. The Morgan fingerprint density at radius 3 is 2.13 bits per heavy atom. The summed E-state index contributed by atoms with van der Waals surface area (Å²) in [6, 6.07) is 9.51. The first kappa shape index (κ1) is 23.5. The lowest BCUT2D eigenvalue weighted by molar-refractivity contribution is -0.116. The molecule has 1 N–H and O–H groups in total. The van der Waals surface area contributed by atoms with E-state index in [1.54, 1.807) is 0 Å². The lowest BCUT2D eigenvalue weighted by Crippen LogP contribution is -2.46. The van der Waals surface area contributed by atoms with Crippen molar-refractivity contribution in [3.63, 3.8) is 0 Å². The standard InChI is InChI=1S/C25H34N2O3S/c1-17-11-12-19(3)23(15-17)26-24(28)16-27(22-9-7-6-8-10-22)31(29,30)25-20(4)13-18(2)14-21(25)5/h11-15,22H,6-10,16H2,1-5H3,(H,26,28). The van der Waals surface area contributed by atoms with Crippen molar-refractivity contribution in [3.8, 4) is 0 Å². The SMILES string of the molecule is Cc1cc(C)c(S(=O)(=O)N(CC(=O)Nc2cc(C)ccc2C)C2CCCCC2)c(C)c1. The van der Waals surface area contributed by atoms with Gasteiger partial charge in [-0.15, -0.1) is 0 Å². The summed E-state index contributed by atoms with van der Waals surface area (Å²) in [5, 5.41) is 2.94. The van der Waals surface area contributed by atoms with E-state index in [4.69, 9.17) is 0 Å². The lowest BCUT2D eigenvalue weighted by atomic mass is 9.95. The monoisotopic (exact) mass is 442 g/mol. The fraction of sp³-hybridized carbons (Fsp3) is 0.480. The van der Waals surface area contributed by atoms with Gasteiger partial charge in [0.05, 0.1) is 11.4 Å². The van der Waals surface area contributed by atoms with E-state index in [1.165, 1.54) is 4.31 Å². The molecular formula is C25H34N2O3S. The number of rotatable bonds is 6. The average molecular weight is 443 g/mol. The predicted octanol–water partition coefficient (Wildman–Crippen LogP) is 5.19. The Bertz CT molecular complexity index is 1050. The molecule has 168 valence electrons. The normalized spacial score (nSPS) is 15.3. The first-order chi connectivity index (χ1) is 14.6. The van der Waals surface area contributed by atoms with E-state index < -0.39 is 10.0 Å². The summed E-state index contributed by atoms with van der Waals surface area (Å²) in [5.74, 6) is -0.301. The topological polar surface area (TPSA) is 66.5 Å². The van der Waals surface area contributed by atoms with Crippen molar-refractivity contribution in [2.24, 2.45) is 0 Å². The molecule has 3 rings (SSSR count). The van der Waals surface area contributed by atoms with Gasteiger partial charge in [0, 0.05) is 11.7 Å². The highest BCUT2D eigenvalue weighted by Gasteiger charge is 2.35. The molecule has 0 heterocycles. The molecule has 2 aromatic carbocycles. The lowest BCUT2D eigenvalue weighted by Gasteiger charge is -2.34. The van der Waals surface area contributed by atoms with Crippen molar-refractivity contribution in [2.75, 3.05) is 11.9 Å². The molecule has 0 aliphatic heterocycles. The Morgan fingerprint density at radius 2 is 1.52 bits per heavy atom. The minimum absolute atomic E-state index is 0.150. The number of carbonyl (C=O) groups is 1. The number of benzene rings is 2. The van der Waals surface area contributed by atoms with E-state index in [0.29, 0.717) is 4.90 Å². The third-order valence-corrected chi connectivity index (χ3v) is 8.32. The van der Waals surface area contributed by atoms with Crippen LogP contribution in [0.3, 0.4) is 0 Å². The summed E-state index contributed by atoms with van der Waals surface area (Å²) in [4.78, 5) is 13.4. The number of nitrogens with one attached hydrogen (secondary N) is 1. The average Bonchev–Trinajstić information content (AvgIpc) is 2.68. The van der Waals surface area contributed by atoms with Gasteiger partial charge >= 0.3 is 0 Å². The van der Waals surface area contributed by atoms with Crippen LogP contribution in [0.4, 0.5) is 5.69 Å². The van der Waals surface area contributed by atoms with E-state index in [0.717, 1.165) is 65.6 Å². The summed E-state index contributed by atoms with van der Waals surface area (Å²) in [5.41, 5.74) is 5.22. The van der Waals surface area contributed by atoms with Crippen molar-refractivity contribution in [1.82, 2.24) is 4.31 Å².